The number of nitrogens with zero attached hydrogens (tertiary/aromatic N) is 2. The molecule has 2 N–H and O–H groups in total. The SMILES string of the molecule is O=C(CCCC(=O)N(c1ccc(F)cc1)[C@@H](C(=O)NC1CCCC1)c1ccc(Cl)cc1)Nc1ccccn1. The maximum Gasteiger partial charge on any atom is 0.248 e. The van der Waals surface area contributed by atoms with E-state index in [2.05, 4.69) is 15.6 Å². The molecule has 1 aliphatic carbocycles. The molecule has 38 heavy (non-hydrogen) atoms. The summed E-state index contributed by atoms with van der Waals surface area (Å²) >= 11 is 6.10. The van der Waals surface area contributed by atoms with Crippen molar-refractivity contribution in [2.75, 3.05) is 10.2 Å². The van der Waals surface area contributed by atoms with Crippen molar-refractivity contribution in [3.05, 3.63) is 89.3 Å². The predicted molar refractivity (Wildman–Crippen MR) is 145 cm³/mol. The molecule has 3 aromatic rings. The normalized spacial score (nSPS) is 14.1. The average molecular weight is 537 g/mol. The summed E-state index contributed by atoms with van der Waals surface area (Å²) in [5.41, 5.74) is 0.964. The Morgan fingerprint density at radius 1 is 0.974 bits per heavy atom. The quantitative estimate of drug-likeness (QED) is 0.342. The molecule has 0 saturated heterocycles. The van der Waals surface area contributed by atoms with Gasteiger partial charge in [0.1, 0.15) is 17.7 Å². The molecule has 7 nitrogen and oxygen atoms in total. The molecule has 1 saturated carbocycles. The van der Waals surface area contributed by atoms with Crippen LogP contribution in [0.1, 0.15) is 56.6 Å². The highest BCUT2D eigenvalue weighted by molar-refractivity contribution is 6.30. The van der Waals surface area contributed by atoms with Crippen molar-refractivity contribution in [3.63, 3.8) is 0 Å². The van der Waals surface area contributed by atoms with Crippen molar-refractivity contribution in [2.45, 2.75) is 57.0 Å². The van der Waals surface area contributed by atoms with E-state index in [9.17, 15) is 18.8 Å². The van der Waals surface area contributed by atoms with E-state index in [0.29, 0.717) is 22.1 Å². The highest BCUT2D eigenvalue weighted by Crippen LogP contribution is 2.31. The molecule has 9 heteroatoms. The molecule has 1 heterocycles. The Kier molecular flexibility index (Phi) is 9.43. The van der Waals surface area contributed by atoms with Crippen LogP contribution in [0.5, 0.6) is 0 Å². The van der Waals surface area contributed by atoms with E-state index in [1.54, 1.807) is 48.7 Å². The van der Waals surface area contributed by atoms with Crippen LogP contribution in [-0.4, -0.2) is 28.7 Å². The molecule has 2 aromatic carbocycles. The van der Waals surface area contributed by atoms with E-state index in [1.165, 1.54) is 29.2 Å². The fourth-order valence-electron chi connectivity index (χ4n) is 4.61. The maximum absolute atomic E-state index is 13.8. The van der Waals surface area contributed by atoms with Crippen molar-refractivity contribution in [2.24, 2.45) is 0 Å². The van der Waals surface area contributed by atoms with Gasteiger partial charge in [0.05, 0.1) is 0 Å². The average Bonchev–Trinajstić information content (AvgIpc) is 3.42. The highest BCUT2D eigenvalue weighted by Gasteiger charge is 2.34. The Bertz CT molecular complexity index is 1230. The third-order valence-electron chi connectivity index (χ3n) is 6.49. The molecule has 0 radical (unpaired) electrons. The predicted octanol–water partition coefficient (Wildman–Crippen LogP) is 5.82. The number of aromatic nitrogens is 1. The minimum absolute atomic E-state index is 0.00775. The summed E-state index contributed by atoms with van der Waals surface area (Å²) in [5.74, 6) is -0.958. The van der Waals surface area contributed by atoms with Crippen LogP contribution in [0.25, 0.3) is 0 Å². The number of carbonyl (C=O) groups is 3. The van der Waals surface area contributed by atoms with Gasteiger partial charge in [-0.1, -0.05) is 42.6 Å². The second kappa shape index (κ2) is 13.1. The summed E-state index contributed by atoms with van der Waals surface area (Å²) in [6, 6.07) is 16.5. The second-order valence-electron chi connectivity index (χ2n) is 9.30. The summed E-state index contributed by atoms with van der Waals surface area (Å²) in [6.07, 6.45) is 5.78. The Hall–Kier alpha value is -3.78. The first-order valence-electron chi connectivity index (χ1n) is 12.7. The van der Waals surface area contributed by atoms with Crippen LogP contribution in [0.3, 0.4) is 0 Å². The molecule has 1 aliphatic rings. The molecule has 0 aliphatic heterocycles. The topological polar surface area (TPSA) is 91.4 Å². The number of halogens is 2. The Balaban J connectivity index is 1.56. The lowest BCUT2D eigenvalue weighted by atomic mass is 10.0. The first-order chi connectivity index (χ1) is 18.4. The van der Waals surface area contributed by atoms with E-state index in [-0.39, 0.29) is 43.0 Å². The van der Waals surface area contributed by atoms with E-state index < -0.39 is 11.9 Å². The minimum Gasteiger partial charge on any atom is -0.351 e. The van der Waals surface area contributed by atoms with Crippen molar-refractivity contribution in [3.8, 4) is 0 Å². The monoisotopic (exact) mass is 536 g/mol. The lowest BCUT2D eigenvalue weighted by molar-refractivity contribution is -0.127. The molecule has 0 bridgehead atoms. The van der Waals surface area contributed by atoms with Gasteiger partial charge in [0.2, 0.25) is 17.7 Å². The third-order valence-corrected chi connectivity index (χ3v) is 6.75. The zero-order valence-corrected chi connectivity index (χ0v) is 21.7. The van der Waals surface area contributed by atoms with E-state index in [0.717, 1.165) is 25.7 Å². The van der Waals surface area contributed by atoms with Crippen LogP contribution in [0, 0.1) is 5.82 Å². The molecule has 1 aromatic heterocycles. The van der Waals surface area contributed by atoms with E-state index >= 15 is 0 Å². The molecule has 198 valence electrons. The van der Waals surface area contributed by atoms with E-state index in [4.69, 9.17) is 11.6 Å². The number of hydrogen-bond donors (Lipinski definition) is 2. The fraction of sp³-hybridized carbons (Fsp3) is 0.310. The molecule has 0 spiro atoms. The molecule has 4 rings (SSSR count). The van der Waals surface area contributed by atoms with Gasteiger partial charge in [0, 0.05) is 35.8 Å². The number of amides is 3. The third kappa shape index (κ3) is 7.38. The Labute approximate surface area is 226 Å². The van der Waals surface area contributed by atoms with Gasteiger partial charge >= 0.3 is 0 Å². The lowest BCUT2D eigenvalue weighted by Crippen LogP contribution is -2.46. The van der Waals surface area contributed by atoms with Gasteiger partial charge in [-0.05, 0) is 73.4 Å². The number of anilines is 2. The number of benzene rings is 2. The van der Waals surface area contributed by atoms with Crippen LogP contribution < -0.4 is 15.5 Å². The second-order valence-corrected chi connectivity index (χ2v) is 9.74. The maximum atomic E-state index is 13.8. The van der Waals surface area contributed by atoms with Crippen LogP contribution >= 0.6 is 11.6 Å². The minimum atomic E-state index is -0.992. The number of pyridine rings is 1. The zero-order chi connectivity index (χ0) is 26.9. The smallest absolute Gasteiger partial charge is 0.248 e. The summed E-state index contributed by atoms with van der Waals surface area (Å²) < 4.78 is 13.8. The summed E-state index contributed by atoms with van der Waals surface area (Å²) in [7, 11) is 0. The fourth-order valence-corrected chi connectivity index (χ4v) is 4.74. The number of carbonyl (C=O) groups excluding carboxylic acids is 3. The summed E-state index contributed by atoms with van der Waals surface area (Å²) in [4.78, 5) is 45.2. The van der Waals surface area contributed by atoms with E-state index in [1.807, 2.05) is 0 Å². The number of hydrogen-bond acceptors (Lipinski definition) is 4. The van der Waals surface area contributed by atoms with Crippen LogP contribution in [0.15, 0.2) is 72.9 Å². The van der Waals surface area contributed by atoms with Gasteiger partial charge in [-0.2, -0.15) is 0 Å². The van der Waals surface area contributed by atoms with Gasteiger partial charge in [0.15, 0.2) is 0 Å². The summed E-state index contributed by atoms with van der Waals surface area (Å²) in [6.45, 7) is 0. The molecule has 0 unspecified atom stereocenters. The molecule has 1 fully saturated rings. The zero-order valence-electron chi connectivity index (χ0n) is 20.9. The lowest BCUT2D eigenvalue weighted by Gasteiger charge is -2.32. The van der Waals surface area contributed by atoms with Gasteiger partial charge in [-0.25, -0.2) is 9.37 Å². The van der Waals surface area contributed by atoms with Crippen LogP contribution in [0.4, 0.5) is 15.9 Å². The number of nitrogens with one attached hydrogen (secondary N) is 2. The first-order valence-corrected chi connectivity index (χ1v) is 13.1. The Morgan fingerprint density at radius 2 is 1.68 bits per heavy atom. The van der Waals surface area contributed by atoms with Crippen molar-refractivity contribution in [1.82, 2.24) is 10.3 Å². The first kappa shape index (κ1) is 27.3. The van der Waals surface area contributed by atoms with Crippen molar-refractivity contribution in [1.29, 1.82) is 0 Å². The molecular formula is C29H30ClFN4O3. The molecule has 1 atom stereocenters. The largest absolute Gasteiger partial charge is 0.351 e. The van der Waals surface area contributed by atoms with Crippen LogP contribution in [-0.2, 0) is 14.4 Å². The van der Waals surface area contributed by atoms with Crippen LogP contribution in [0.2, 0.25) is 5.02 Å². The van der Waals surface area contributed by atoms with Gasteiger partial charge < -0.3 is 10.6 Å². The number of rotatable bonds is 10. The summed E-state index contributed by atoms with van der Waals surface area (Å²) in [5, 5.41) is 6.30. The van der Waals surface area contributed by atoms with Crippen molar-refractivity contribution < 1.29 is 18.8 Å². The Morgan fingerprint density at radius 3 is 2.34 bits per heavy atom. The van der Waals surface area contributed by atoms with Gasteiger partial charge in [0.25, 0.3) is 0 Å². The standard InChI is InChI=1S/C29H30ClFN4O3/c30-21-13-11-20(12-14-21)28(29(38)33-23-6-1-2-7-23)35(24-17-15-22(31)16-18-24)27(37)10-5-9-26(36)34-25-8-3-4-19-32-25/h3-4,8,11-19,23,28H,1-2,5-7,9-10H2,(H,33,38)(H,32,34,36)/t28-/m1/s1. The highest BCUT2D eigenvalue weighted by atomic mass is 35.5. The molecule has 3 amide bonds. The van der Waals surface area contributed by atoms with Gasteiger partial charge in [-0.15, -0.1) is 0 Å². The molecular weight excluding hydrogens is 507 g/mol. The van der Waals surface area contributed by atoms with Gasteiger partial charge in [-0.3, -0.25) is 19.3 Å². The van der Waals surface area contributed by atoms with Crippen molar-refractivity contribution >= 4 is 40.8 Å².